The second kappa shape index (κ2) is 8.02. The molecule has 8 heteroatoms. The fourth-order valence-electron chi connectivity index (χ4n) is 4.42. The number of hydrogen-bond acceptors (Lipinski definition) is 6. The maximum Gasteiger partial charge on any atom is 0.276 e. The van der Waals surface area contributed by atoms with Crippen molar-refractivity contribution in [2.45, 2.75) is 38.3 Å². The van der Waals surface area contributed by atoms with Gasteiger partial charge in [-0.3, -0.25) is 9.69 Å². The Labute approximate surface area is 170 Å². The molecular weight excluding hydrogens is 370 g/mol. The number of hydrogen-bond donors (Lipinski definition) is 0. The van der Waals surface area contributed by atoms with E-state index in [1.54, 1.807) is 0 Å². The Hall–Kier alpha value is -2.61. The summed E-state index contributed by atoms with van der Waals surface area (Å²) in [5.74, 6) is 1.70. The van der Waals surface area contributed by atoms with Gasteiger partial charge in [-0.2, -0.15) is 0 Å². The molecule has 4 heterocycles. The van der Waals surface area contributed by atoms with Crippen LogP contribution in [0.15, 0.2) is 24.4 Å². The summed E-state index contributed by atoms with van der Waals surface area (Å²) in [6.07, 6.45) is 6.02. The molecule has 2 fully saturated rings. The number of aromatic nitrogens is 3. The third-order valence-corrected chi connectivity index (χ3v) is 6.07. The van der Waals surface area contributed by atoms with Crippen molar-refractivity contribution in [3.05, 3.63) is 35.7 Å². The van der Waals surface area contributed by atoms with E-state index in [9.17, 15) is 4.79 Å². The molecule has 0 N–H and O–H groups in total. The van der Waals surface area contributed by atoms with Gasteiger partial charge in [0.05, 0.1) is 12.2 Å². The minimum absolute atomic E-state index is 0.0183. The van der Waals surface area contributed by atoms with Crippen LogP contribution >= 0.6 is 0 Å². The number of nitrogens with zero attached hydrogens (tertiary/aromatic N) is 5. The summed E-state index contributed by atoms with van der Waals surface area (Å²) in [6.45, 7) is 5.80. The Balaban J connectivity index is 1.16. The van der Waals surface area contributed by atoms with Crippen molar-refractivity contribution >= 4 is 5.91 Å². The lowest BCUT2D eigenvalue weighted by Gasteiger charge is -2.32. The van der Waals surface area contributed by atoms with E-state index < -0.39 is 0 Å². The molecule has 0 aliphatic carbocycles. The van der Waals surface area contributed by atoms with Crippen molar-refractivity contribution in [2.75, 3.05) is 39.4 Å². The zero-order valence-electron chi connectivity index (χ0n) is 16.6. The van der Waals surface area contributed by atoms with Crippen LogP contribution in [0.3, 0.4) is 0 Å². The molecule has 8 nitrogen and oxygen atoms in total. The van der Waals surface area contributed by atoms with Gasteiger partial charge in [-0.25, -0.2) is 4.68 Å². The molecule has 0 saturated carbocycles. The van der Waals surface area contributed by atoms with Crippen molar-refractivity contribution in [2.24, 2.45) is 0 Å². The molecule has 0 atom stereocenters. The minimum atomic E-state index is 0.0183. The summed E-state index contributed by atoms with van der Waals surface area (Å²) < 4.78 is 13.2. The minimum Gasteiger partial charge on any atom is -0.486 e. The summed E-state index contributed by atoms with van der Waals surface area (Å²) in [6, 6.07) is 6.52. The number of likely N-dealkylation sites (tertiary alicyclic amines) is 2. The first-order valence-corrected chi connectivity index (χ1v) is 10.6. The van der Waals surface area contributed by atoms with Gasteiger partial charge >= 0.3 is 0 Å². The Morgan fingerprint density at radius 3 is 2.59 bits per heavy atom. The molecule has 2 saturated heterocycles. The van der Waals surface area contributed by atoms with Crippen LogP contribution in [0.25, 0.3) is 0 Å². The molecule has 5 rings (SSSR count). The average molecular weight is 397 g/mol. The summed E-state index contributed by atoms with van der Waals surface area (Å²) in [5, 5.41) is 8.41. The number of fused-ring (bicyclic) bond motifs is 1. The summed E-state index contributed by atoms with van der Waals surface area (Å²) in [5.41, 5.74) is 1.72. The fourth-order valence-corrected chi connectivity index (χ4v) is 4.42. The molecule has 0 spiro atoms. The van der Waals surface area contributed by atoms with Crippen LogP contribution in [0.5, 0.6) is 11.5 Å². The van der Waals surface area contributed by atoms with Gasteiger partial charge in [0.2, 0.25) is 0 Å². The maximum absolute atomic E-state index is 12.5. The van der Waals surface area contributed by atoms with Gasteiger partial charge in [0.25, 0.3) is 5.91 Å². The smallest absolute Gasteiger partial charge is 0.276 e. The van der Waals surface area contributed by atoms with E-state index in [0.29, 0.717) is 24.9 Å². The van der Waals surface area contributed by atoms with E-state index in [2.05, 4.69) is 27.3 Å². The zero-order valence-corrected chi connectivity index (χ0v) is 16.6. The first kappa shape index (κ1) is 18.4. The lowest BCUT2D eigenvalue weighted by Crippen LogP contribution is -2.34. The first-order valence-electron chi connectivity index (χ1n) is 10.6. The highest BCUT2D eigenvalue weighted by Gasteiger charge is 2.26. The summed E-state index contributed by atoms with van der Waals surface area (Å²) in [4.78, 5) is 16.8. The lowest BCUT2D eigenvalue weighted by atomic mass is 10.0. The first-order chi connectivity index (χ1) is 14.3. The third kappa shape index (κ3) is 3.94. The molecule has 1 amide bonds. The third-order valence-electron chi connectivity index (χ3n) is 6.07. The predicted molar refractivity (Wildman–Crippen MR) is 106 cm³/mol. The van der Waals surface area contributed by atoms with Crippen molar-refractivity contribution in [1.82, 2.24) is 24.8 Å². The second-order valence-electron chi connectivity index (χ2n) is 8.07. The van der Waals surface area contributed by atoms with Crippen LogP contribution in [-0.2, 0) is 6.54 Å². The molecule has 29 heavy (non-hydrogen) atoms. The van der Waals surface area contributed by atoms with E-state index in [4.69, 9.17) is 9.47 Å². The molecule has 3 aliphatic heterocycles. The predicted octanol–water partition coefficient (Wildman–Crippen LogP) is 2.12. The van der Waals surface area contributed by atoms with Crippen LogP contribution in [0, 0.1) is 0 Å². The zero-order chi connectivity index (χ0) is 19.6. The quantitative estimate of drug-likeness (QED) is 0.787. The van der Waals surface area contributed by atoms with Crippen molar-refractivity contribution in [3.63, 3.8) is 0 Å². The van der Waals surface area contributed by atoms with Gasteiger partial charge in [-0.1, -0.05) is 11.3 Å². The van der Waals surface area contributed by atoms with Gasteiger partial charge in [0.1, 0.15) is 13.2 Å². The largest absolute Gasteiger partial charge is 0.486 e. The highest BCUT2D eigenvalue weighted by atomic mass is 16.6. The molecule has 2 aromatic rings. The number of rotatable bonds is 4. The van der Waals surface area contributed by atoms with Crippen molar-refractivity contribution < 1.29 is 14.3 Å². The molecular formula is C21H27N5O3. The summed E-state index contributed by atoms with van der Waals surface area (Å²) in [7, 11) is 0. The molecule has 3 aliphatic rings. The number of ether oxygens (including phenoxy) is 2. The maximum atomic E-state index is 12.5. The number of amides is 1. The number of carbonyl (C=O) groups excluding carboxylic acids is 1. The van der Waals surface area contributed by atoms with Crippen molar-refractivity contribution in [1.29, 1.82) is 0 Å². The van der Waals surface area contributed by atoms with Gasteiger partial charge < -0.3 is 14.4 Å². The monoisotopic (exact) mass is 397 g/mol. The Morgan fingerprint density at radius 2 is 1.79 bits per heavy atom. The molecule has 0 bridgehead atoms. The van der Waals surface area contributed by atoms with Crippen LogP contribution in [0.4, 0.5) is 0 Å². The number of carbonyl (C=O) groups is 1. The number of benzene rings is 1. The standard InChI is InChI=1S/C21H27N5O3/c27-21(25-7-1-2-8-25)18-15-26(23-22-18)17-5-9-24(10-6-17)14-16-3-4-19-20(13-16)29-12-11-28-19/h3-4,13,15,17H,1-2,5-12,14H2. The molecule has 1 aromatic heterocycles. The van der Waals surface area contributed by atoms with Gasteiger partial charge in [-0.05, 0) is 43.4 Å². The van der Waals surface area contributed by atoms with Gasteiger partial charge in [0.15, 0.2) is 17.2 Å². The lowest BCUT2D eigenvalue weighted by molar-refractivity contribution is 0.0787. The highest BCUT2D eigenvalue weighted by molar-refractivity contribution is 5.92. The van der Waals surface area contributed by atoms with E-state index in [1.165, 1.54) is 5.56 Å². The van der Waals surface area contributed by atoms with E-state index in [0.717, 1.165) is 69.9 Å². The molecule has 1 aromatic carbocycles. The van der Waals surface area contributed by atoms with E-state index in [-0.39, 0.29) is 5.91 Å². The van der Waals surface area contributed by atoms with Crippen LogP contribution < -0.4 is 9.47 Å². The SMILES string of the molecule is O=C(c1cn(C2CCN(Cc3ccc4c(c3)OCCO4)CC2)nn1)N1CCCC1. The fraction of sp³-hybridized carbons (Fsp3) is 0.571. The molecule has 154 valence electrons. The number of piperidine rings is 1. The van der Waals surface area contributed by atoms with Crippen LogP contribution in [0.2, 0.25) is 0 Å². The normalized spacial score (nSPS) is 20.2. The Bertz CT molecular complexity index is 869. The van der Waals surface area contributed by atoms with Crippen LogP contribution in [0.1, 0.15) is 47.8 Å². The van der Waals surface area contributed by atoms with Gasteiger partial charge in [0, 0.05) is 32.7 Å². The van der Waals surface area contributed by atoms with E-state index in [1.807, 2.05) is 21.8 Å². The second-order valence-corrected chi connectivity index (χ2v) is 8.07. The van der Waals surface area contributed by atoms with Crippen molar-refractivity contribution in [3.8, 4) is 11.5 Å². The van der Waals surface area contributed by atoms with Crippen LogP contribution in [-0.4, -0.2) is 70.1 Å². The highest BCUT2D eigenvalue weighted by Crippen LogP contribution is 2.32. The van der Waals surface area contributed by atoms with Gasteiger partial charge in [-0.15, -0.1) is 5.10 Å². The molecule has 0 unspecified atom stereocenters. The topological polar surface area (TPSA) is 72.7 Å². The average Bonchev–Trinajstić information content (AvgIpc) is 3.46. The van der Waals surface area contributed by atoms with E-state index >= 15 is 0 Å². The Morgan fingerprint density at radius 1 is 1.03 bits per heavy atom. The summed E-state index contributed by atoms with van der Waals surface area (Å²) >= 11 is 0. The molecule has 0 radical (unpaired) electrons. The Kier molecular flexibility index (Phi) is 5.10.